The van der Waals surface area contributed by atoms with Crippen molar-refractivity contribution in [1.29, 1.82) is 0 Å². The summed E-state index contributed by atoms with van der Waals surface area (Å²) in [5.41, 5.74) is 0. The fraction of sp³-hybridized carbons (Fsp3) is 1.00. The molecule has 2 saturated carbocycles. The van der Waals surface area contributed by atoms with Gasteiger partial charge in [0.05, 0.1) is 0 Å². The molecule has 2 aliphatic rings. The van der Waals surface area contributed by atoms with E-state index in [0.29, 0.717) is 12.1 Å². The van der Waals surface area contributed by atoms with Crippen LogP contribution in [0.4, 0.5) is 0 Å². The van der Waals surface area contributed by atoms with Crippen molar-refractivity contribution >= 4 is 8.80 Å². The van der Waals surface area contributed by atoms with E-state index in [1.54, 1.807) is 0 Å². The minimum absolute atomic E-state index is 0.253. The molecular formula is C15H33N3OSi. The standard InChI is InChI=1S/C15H33N3OSi/c1-4-16-20(19-13(2)3,17-14-9-5-6-10-14)18-15-11-7-8-12-15/h13-18H,4-12H2,1-3H3. The molecule has 0 unspecified atom stereocenters. The Hall–Kier alpha value is 0.0569. The quantitative estimate of drug-likeness (QED) is 0.603. The molecule has 0 spiro atoms. The molecule has 0 atom stereocenters. The molecule has 118 valence electrons. The molecule has 0 aromatic heterocycles. The van der Waals surface area contributed by atoms with Gasteiger partial charge < -0.3 is 4.43 Å². The zero-order valence-electron chi connectivity index (χ0n) is 13.5. The highest BCUT2D eigenvalue weighted by molar-refractivity contribution is 6.66. The third-order valence-electron chi connectivity index (χ3n) is 4.36. The molecule has 0 bridgehead atoms. The van der Waals surface area contributed by atoms with E-state index in [2.05, 4.69) is 35.7 Å². The molecule has 2 fully saturated rings. The summed E-state index contributed by atoms with van der Waals surface area (Å²) in [5.74, 6) is 0. The van der Waals surface area contributed by atoms with Gasteiger partial charge in [-0.15, -0.1) is 0 Å². The largest absolute Gasteiger partial charge is 0.440 e. The van der Waals surface area contributed by atoms with Crippen molar-refractivity contribution in [2.24, 2.45) is 0 Å². The van der Waals surface area contributed by atoms with Gasteiger partial charge in [0, 0.05) is 18.2 Å². The molecule has 4 nitrogen and oxygen atoms in total. The van der Waals surface area contributed by atoms with E-state index >= 15 is 0 Å². The third-order valence-corrected chi connectivity index (χ3v) is 7.67. The lowest BCUT2D eigenvalue weighted by Crippen LogP contribution is -2.77. The van der Waals surface area contributed by atoms with E-state index in [1.807, 2.05) is 0 Å². The Balaban J connectivity index is 2.03. The maximum absolute atomic E-state index is 6.41. The Kier molecular flexibility index (Phi) is 6.48. The summed E-state index contributed by atoms with van der Waals surface area (Å²) in [6, 6.07) is 1.27. The molecule has 2 aliphatic carbocycles. The molecule has 3 N–H and O–H groups in total. The van der Waals surface area contributed by atoms with Crippen LogP contribution in [0.25, 0.3) is 0 Å². The molecule has 0 saturated heterocycles. The molecule has 5 heteroatoms. The van der Waals surface area contributed by atoms with Gasteiger partial charge in [0.2, 0.25) is 0 Å². The summed E-state index contributed by atoms with van der Waals surface area (Å²) in [4.78, 5) is 11.4. The summed E-state index contributed by atoms with van der Waals surface area (Å²) in [6.07, 6.45) is 10.9. The average Bonchev–Trinajstić information content (AvgIpc) is 3.01. The Morgan fingerprint density at radius 2 is 1.40 bits per heavy atom. The van der Waals surface area contributed by atoms with Crippen LogP contribution in [0.1, 0.15) is 72.1 Å². The van der Waals surface area contributed by atoms with Crippen LogP contribution in [-0.4, -0.2) is 33.5 Å². The second-order valence-corrected chi connectivity index (χ2v) is 9.16. The predicted octanol–water partition coefficient (Wildman–Crippen LogP) is 2.52. The normalized spacial score (nSPS) is 22.2. The van der Waals surface area contributed by atoms with Crippen LogP contribution in [-0.2, 0) is 4.43 Å². The highest BCUT2D eigenvalue weighted by Gasteiger charge is 2.42. The predicted molar refractivity (Wildman–Crippen MR) is 86.4 cm³/mol. The van der Waals surface area contributed by atoms with Gasteiger partial charge >= 0.3 is 8.80 Å². The van der Waals surface area contributed by atoms with Gasteiger partial charge in [-0.2, -0.15) is 0 Å². The van der Waals surface area contributed by atoms with E-state index in [4.69, 9.17) is 4.43 Å². The third kappa shape index (κ3) is 4.81. The smallest absolute Gasteiger partial charge is 0.378 e. The van der Waals surface area contributed by atoms with Gasteiger partial charge in [-0.05, 0) is 46.1 Å². The van der Waals surface area contributed by atoms with Crippen LogP contribution < -0.4 is 14.9 Å². The first-order valence-electron chi connectivity index (χ1n) is 8.62. The summed E-state index contributed by atoms with van der Waals surface area (Å²) in [7, 11) is -2.24. The van der Waals surface area contributed by atoms with Crippen LogP contribution in [0.3, 0.4) is 0 Å². The second-order valence-electron chi connectivity index (χ2n) is 6.63. The van der Waals surface area contributed by atoms with Gasteiger partial charge in [-0.25, -0.2) is 0 Å². The molecule has 20 heavy (non-hydrogen) atoms. The first-order valence-corrected chi connectivity index (χ1v) is 10.5. The van der Waals surface area contributed by atoms with Crippen LogP contribution in [0.15, 0.2) is 0 Å². The topological polar surface area (TPSA) is 45.3 Å². The second kappa shape index (κ2) is 7.89. The summed E-state index contributed by atoms with van der Waals surface area (Å²) >= 11 is 0. The molecular weight excluding hydrogens is 266 g/mol. The first-order chi connectivity index (χ1) is 9.63. The molecule has 0 aromatic carbocycles. The molecule has 2 rings (SSSR count). The van der Waals surface area contributed by atoms with Crippen molar-refractivity contribution in [1.82, 2.24) is 14.9 Å². The number of nitrogens with one attached hydrogen (secondary N) is 3. The van der Waals surface area contributed by atoms with Gasteiger partial charge in [0.25, 0.3) is 0 Å². The van der Waals surface area contributed by atoms with Gasteiger partial charge in [-0.3, -0.25) is 14.9 Å². The Morgan fingerprint density at radius 1 is 0.950 bits per heavy atom. The van der Waals surface area contributed by atoms with E-state index in [0.717, 1.165) is 6.54 Å². The van der Waals surface area contributed by atoms with Crippen molar-refractivity contribution in [2.45, 2.75) is 90.3 Å². The summed E-state index contributed by atoms with van der Waals surface area (Å²) in [5, 5.41) is 0. The molecule has 0 aliphatic heterocycles. The van der Waals surface area contributed by atoms with E-state index in [9.17, 15) is 0 Å². The van der Waals surface area contributed by atoms with Crippen molar-refractivity contribution < 1.29 is 4.43 Å². The molecule has 0 heterocycles. The summed E-state index contributed by atoms with van der Waals surface area (Å²) in [6.45, 7) is 7.42. The van der Waals surface area contributed by atoms with Crippen molar-refractivity contribution in [3.8, 4) is 0 Å². The first kappa shape index (κ1) is 16.4. The van der Waals surface area contributed by atoms with Crippen molar-refractivity contribution in [2.75, 3.05) is 6.54 Å². The van der Waals surface area contributed by atoms with Crippen molar-refractivity contribution in [3.05, 3.63) is 0 Å². The SMILES string of the molecule is CCN[Si](NC1CCCC1)(NC1CCCC1)OC(C)C. The molecule has 0 radical (unpaired) electrons. The average molecular weight is 300 g/mol. The lowest BCUT2D eigenvalue weighted by molar-refractivity contribution is 0.194. The Morgan fingerprint density at radius 3 is 1.75 bits per heavy atom. The maximum Gasteiger partial charge on any atom is 0.440 e. The molecule has 0 amide bonds. The lowest BCUT2D eigenvalue weighted by Gasteiger charge is -2.38. The van der Waals surface area contributed by atoms with Crippen LogP contribution >= 0.6 is 0 Å². The fourth-order valence-corrected chi connectivity index (χ4v) is 7.01. The van der Waals surface area contributed by atoms with Crippen molar-refractivity contribution in [3.63, 3.8) is 0 Å². The maximum atomic E-state index is 6.41. The van der Waals surface area contributed by atoms with Gasteiger partial charge in [-0.1, -0.05) is 32.6 Å². The number of hydrogen-bond donors (Lipinski definition) is 3. The van der Waals surface area contributed by atoms with Crippen LogP contribution in [0, 0.1) is 0 Å². The highest BCUT2D eigenvalue weighted by atomic mass is 28.4. The monoisotopic (exact) mass is 299 g/mol. The van der Waals surface area contributed by atoms with Crippen LogP contribution in [0.2, 0.25) is 0 Å². The number of hydrogen-bond acceptors (Lipinski definition) is 4. The summed E-state index contributed by atoms with van der Waals surface area (Å²) < 4.78 is 6.41. The zero-order chi connectivity index (χ0) is 14.4. The van der Waals surface area contributed by atoms with E-state index in [1.165, 1.54) is 51.4 Å². The fourth-order valence-electron chi connectivity index (χ4n) is 3.57. The van der Waals surface area contributed by atoms with E-state index < -0.39 is 8.80 Å². The Bertz CT molecular complexity index is 258. The minimum atomic E-state index is -2.24. The number of rotatable bonds is 8. The van der Waals surface area contributed by atoms with Gasteiger partial charge in [0.1, 0.15) is 0 Å². The Labute approximate surface area is 125 Å². The highest BCUT2D eigenvalue weighted by Crippen LogP contribution is 2.22. The van der Waals surface area contributed by atoms with Crippen LogP contribution in [0.5, 0.6) is 0 Å². The minimum Gasteiger partial charge on any atom is -0.378 e. The molecule has 0 aromatic rings. The van der Waals surface area contributed by atoms with E-state index in [-0.39, 0.29) is 6.10 Å². The van der Waals surface area contributed by atoms with Gasteiger partial charge in [0.15, 0.2) is 0 Å². The zero-order valence-corrected chi connectivity index (χ0v) is 14.5. The lowest BCUT2D eigenvalue weighted by atomic mass is 10.3.